The van der Waals surface area contributed by atoms with Crippen LogP contribution in [0, 0.1) is 0 Å². The van der Waals surface area contributed by atoms with Crippen molar-refractivity contribution >= 4 is 5.78 Å². The number of carbonyl (C=O) groups is 1. The van der Waals surface area contributed by atoms with Crippen LogP contribution in [0.2, 0.25) is 0 Å². The van der Waals surface area contributed by atoms with Gasteiger partial charge in [-0.15, -0.1) is 0 Å². The zero-order valence-electron chi connectivity index (χ0n) is 10.3. The second-order valence-corrected chi connectivity index (χ2v) is 4.00. The van der Waals surface area contributed by atoms with E-state index in [0.717, 1.165) is 19.5 Å². The van der Waals surface area contributed by atoms with Crippen LogP contribution in [0.4, 0.5) is 0 Å². The number of nitrogens with zero attached hydrogens (tertiary/aromatic N) is 1. The van der Waals surface area contributed by atoms with E-state index in [1.54, 1.807) is 0 Å². The predicted octanol–water partition coefficient (Wildman–Crippen LogP) is 2.53. The van der Waals surface area contributed by atoms with Crippen LogP contribution in [0.15, 0.2) is 30.3 Å². The van der Waals surface area contributed by atoms with E-state index in [1.165, 1.54) is 5.56 Å². The number of rotatable bonds is 7. The van der Waals surface area contributed by atoms with Crippen LogP contribution in [0.25, 0.3) is 0 Å². The maximum absolute atomic E-state index is 11.4. The molecule has 0 fully saturated rings. The summed E-state index contributed by atoms with van der Waals surface area (Å²) in [5, 5.41) is 0. The van der Waals surface area contributed by atoms with E-state index in [2.05, 4.69) is 36.1 Å². The van der Waals surface area contributed by atoms with Crippen molar-refractivity contribution in [1.29, 1.82) is 0 Å². The van der Waals surface area contributed by atoms with Gasteiger partial charge in [0.2, 0.25) is 0 Å². The molecule has 88 valence electrons. The van der Waals surface area contributed by atoms with Crippen LogP contribution in [-0.2, 0) is 11.2 Å². The van der Waals surface area contributed by atoms with Crippen molar-refractivity contribution in [3.8, 4) is 0 Å². The summed E-state index contributed by atoms with van der Waals surface area (Å²) < 4.78 is 0. The molecule has 0 bridgehead atoms. The smallest absolute Gasteiger partial charge is 0.146 e. The number of likely N-dealkylation sites (N-methyl/N-ethyl adjacent to an activating group) is 1. The molecule has 16 heavy (non-hydrogen) atoms. The van der Waals surface area contributed by atoms with Crippen molar-refractivity contribution in [1.82, 2.24) is 4.90 Å². The maximum atomic E-state index is 11.4. The third kappa shape index (κ3) is 4.58. The minimum absolute atomic E-state index is 0.329. The highest BCUT2D eigenvalue weighted by Crippen LogP contribution is 2.01. The normalized spacial score (nSPS) is 10.7. The van der Waals surface area contributed by atoms with Gasteiger partial charge in [0, 0.05) is 13.0 Å². The topological polar surface area (TPSA) is 20.3 Å². The number of hydrogen-bond donors (Lipinski definition) is 0. The minimum atomic E-state index is 0.329. The largest absolute Gasteiger partial charge is 0.298 e. The molecule has 0 aliphatic heterocycles. The fourth-order valence-electron chi connectivity index (χ4n) is 1.64. The Balaban J connectivity index is 2.37. The summed E-state index contributed by atoms with van der Waals surface area (Å²) in [5.41, 5.74) is 1.34. The highest BCUT2D eigenvalue weighted by molar-refractivity contribution is 5.80. The van der Waals surface area contributed by atoms with E-state index < -0.39 is 0 Å². The van der Waals surface area contributed by atoms with Crippen LogP contribution >= 0.6 is 0 Å². The zero-order valence-corrected chi connectivity index (χ0v) is 10.3. The second-order valence-electron chi connectivity index (χ2n) is 4.00. The summed E-state index contributed by atoms with van der Waals surface area (Å²) in [4.78, 5) is 13.6. The molecule has 0 radical (unpaired) electrons. The Labute approximate surface area is 98.3 Å². The van der Waals surface area contributed by atoms with Crippen LogP contribution in [-0.4, -0.2) is 30.3 Å². The third-order valence-corrected chi connectivity index (χ3v) is 2.80. The summed E-state index contributed by atoms with van der Waals surface area (Å²) in [6.45, 7) is 6.53. The first kappa shape index (κ1) is 12.9. The molecule has 2 nitrogen and oxygen atoms in total. The summed E-state index contributed by atoms with van der Waals surface area (Å²) in [6, 6.07) is 10.4. The highest BCUT2D eigenvalue weighted by atomic mass is 16.1. The summed E-state index contributed by atoms with van der Waals surface area (Å²) >= 11 is 0. The molecule has 0 atom stereocenters. The average molecular weight is 219 g/mol. The molecule has 0 heterocycles. The molecule has 0 aliphatic rings. The first-order valence-electron chi connectivity index (χ1n) is 6.04. The molecule has 0 aromatic heterocycles. The molecule has 1 aromatic carbocycles. The molecular formula is C14H21NO. The number of ketones is 1. The molecule has 2 heteroatoms. The minimum Gasteiger partial charge on any atom is -0.298 e. The molecule has 0 saturated carbocycles. The Morgan fingerprint density at radius 2 is 1.88 bits per heavy atom. The van der Waals surface area contributed by atoms with Gasteiger partial charge in [-0.05, 0) is 18.5 Å². The summed E-state index contributed by atoms with van der Waals surface area (Å²) in [5.74, 6) is 0.329. The van der Waals surface area contributed by atoms with Crippen molar-refractivity contribution < 1.29 is 4.79 Å². The lowest BCUT2D eigenvalue weighted by molar-refractivity contribution is -0.119. The van der Waals surface area contributed by atoms with Gasteiger partial charge in [-0.3, -0.25) is 9.69 Å². The van der Waals surface area contributed by atoms with Gasteiger partial charge < -0.3 is 0 Å². The molecule has 0 N–H and O–H groups in total. The number of hydrogen-bond acceptors (Lipinski definition) is 2. The molecule has 0 amide bonds. The van der Waals surface area contributed by atoms with Gasteiger partial charge in [-0.1, -0.05) is 44.2 Å². The van der Waals surface area contributed by atoms with Crippen molar-refractivity contribution in [2.45, 2.75) is 26.7 Å². The Kier molecular flexibility index (Phi) is 5.79. The van der Waals surface area contributed by atoms with Crippen LogP contribution in [0.5, 0.6) is 0 Å². The summed E-state index contributed by atoms with van der Waals surface area (Å²) in [6.07, 6.45) is 1.66. The zero-order chi connectivity index (χ0) is 11.8. The van der Waals surface area contributed by atoms with E-state index in [4.69, 9.17) is 0 Å². The quantitative estimate of drug-likeness (QED) is 0.702. The maximum Gasteiger partial charge on any atom is 0.146 e. The van der Waals surface area contributed by atoms with Crippen molar-refractivity contribution in [3.05, 3.63) is 35.9 Å². The molecule has 1 aromatic rings. The Bertz CT molecular complexity index is 308. The van der Waals surface area contributed by atoms with Crippen molar-refractivity contribution in [2.24, 2.45) is 0 Å². The third-order valence-electron chi connectivity index (χ3n) is 2.80. The van der Waals surface area contributed by atoms with Gasteiger partial charge in [0.15, 0.2) is 0 Å². The first-order chi connectivity index (χ1) is 7.76. The number of carbonyl (C=O) groups excluding carboxylic acids is 1. The average Bonchev–Trinajstić information content (AvgIpc) is 2.35. The van der Waals surface area contributed by atoms with Crippen LogP contribution in [0.1, 0.15) is 25.8 Å². The van der Waals surface area contributed by atoms with E-state index in [1.807, 2.05) is 13.0 Å². The fraction of sp³-hybridized carbons (Fsp3) is 0.500. The van der Waals surface area contributed by atoms with E-state index >= 15 is 0 Å². The fourth-order valence-corrected chi connectivity index (χ4v) is 1.64. The molecule has 0 spiro atoms. The SMILES string of the molecule is CCC(=O)CN(CC)CCc1ccccc1. The molecule has 0 unspecified atom stereocenters. The Morgan fingerprint density at radius 3 is 2.44 bits per heavy atom. The first-order valence-corrected chi connectivity index (χ1v) is 6.04. The number of benzene rings is 1. The summed E-state index contributed by atoms with van der Waals surface area (Å²) in [7, 11) is 0. The second kappa shape index (κ2) is 7.18. The molecule has 0 aliphatic carbocycles. The van der Waals surface area contributed by atoms with Gasteiger partial charge in [-0.25, -0.2) is 0 Å². The van der Waals surface area contributed by atoms with Crippen molar-refractivity contribution in [2.75, 3.05) is 19.6 Å². The highest BCUT2D eigenvalue weighted by Gasteiger charge is 2.06. The van der Waals surface area contributed by atoms with Gasteiger partial charge >= 0.3 is 0 Å². The van der Waals surface area contributed by atoms with Gasteiger partial charge in [-0.2, -0.15) is 0 Å². The Hall–Kier alpha value is -1.15. The van der Waals surface area contributed by atoms with Crippen LogP contribution < -0.4 is 0 Å². The van der Waals surface area contributed by atoms with Gasteiger partial charge in [0.1, 0.15) is 5.78 Å². The van der Waals surface area contributed by atoms with Gasteiger partial charge in [0.05, 0.1) is 6.54 Å². The Morgan fingerprint density at radius 1 is 1.19 bits per heavy atom. The standard InChI is InChI=1S/C14H21NO/c1-3-14(16)12-15(4-2)11-10-13-8-6-5-7-9-13/h5-9H,3-4,10-12H2,1-2H3. The van der Waals surface area contributed by atoms with E-state index in [-0.39, 0.29) is 0 Å². The van der Waals surface area contributed by atoms with E-state index in [0.29, 0.717) is 18.7 Å². The van der Waals surface area contributed by atoms with Crippen LogP contribution in [0.3, 0.4) is 0 Å². The lowest BCUT2D eigenvalue weighted by Gasteiger charge is -2.19. The molecule has 1 rings (SSSR count). The van der Waals surface area contributed by atoms with E-state index in [9.17, 15) is 4.79 Å². The van der Waals surface area contributed by atoms with Gasteiger partial charge in [0.25, 0.3) is 0 Å². The molecular weight excluding hydrogens is 198 g/mol. The lowest BCUT2D eigenvalue weighted by Crippen LogP contribution is -2.31. The lowest BCUT2D eigenvalue weighted by atomic mass is 10.1. The predicted molar refractivity (Wildman–Crippen MR) is 67.6 cm³/mol. The van der Waals surface area contributed by atoms with Crippen molar-refractivity contribution in [3.63, 3.8) is 0 Å². The monoisotopic (exact) mass is 219 g/mol. The number of Topliss-reactive ketones (excluding diaryl/α,β-unsaturated/α-hetero) is 1. The molecule has 0 saturated heterocycles.